The third-order valence-electron chi connectivity index (χ3n) is 3.43. The molecule has 2 nitrogen and oxygen atoms in total. The Bertz CT molecular complexity index is 463. The second-order valence-electron chi connectivity index (χ2n) is 8.64. The van der Waals surface area contributed by atoms with Gasteiger partial charge in [-0.25, -0.2) is 0 Å². The van der Waals surface area contributed by atoms with Crippen molar-refractivity contribution in [3.05, 3.63) is 60.3 Å². The van der Waals surface area contributed by atoms with E-state index >= 15 is 0 Å². The van der Waals surface area contributed by atoms with Crippen molar-refractivity contribution in [3.8, 4) is 0 Å². The van der Waals surface area contributed by atoms with Crippen molar-refractivity contribution in [2.24, 2.45) is 10.8 Å². The monoisotopic (exact) mass is 298 g/mol. The summed E-state index contributed by atoms with van der Waals surface area (Å²) < 4.78 is 0. The lowest BCUT2D eigenvalue weighted by Crippen LogP contribution is -2.26. The van der Waals surface area contributed by atoms with Gasteiger partial charge in [0.25, 0.3) is 0 Å². The summed E-state index contributed by atoms with van der Waals surface area (Å²) in [4.78, 5) is 4.51. The Labute approximate surface area is 136 Å². The Morgan fingerprint density at radius 2 is 0.864 bits per heavy atom. The molecule has 0 amide bonds. The van der Waals surface area contributed by atoms with Gasteiger partial charge in [0.1, 0.15) is 0 Å². The molecule has 0 aliphatic carbocycles. The Morgan fingerprint density at radius 1 is 0.591 bits per heavy atom. The van der Waals surface area contributed by atoms with Crippen molar-refractivity contribution >= 4 is 0 Å². The van der Waals surface area contributed by atoms with Crippen LogP contribution in [0.2, 0.25) is 0 Å². The third kappa shape index (κ3) is 5.25. The molecule has 2 aliphatic heterocycles. The smallest absolute Gasteiger partial charge is 0.0268 e. The summed E-state index contributed by atoms with van der Waals surface area (Å²) in [5.41, 5.74) is 3.15. The lowest BCUT2D eigenvalue weighted by Gasteiger charge is -2.29. The maximum Gasteiger partial charge on any atom is 0.0268 e. The molecule has 0 bridgehead atoms. The van der Waals surface area contributed by atoms with Crippen molar-refractivity contribution in [1.82, 2.24) is 9.80 Å². The minimum Gasteiger partial charge on any atom is -0.354 e. The van der Waals surface area contributed by atoms with Crippen LogP contribution in [0.1, 0.15) is 41.5 Å². The van der Waals surface area contributed by atoms with Crippen LogP contribution in [0.3, 0.4) is 0 Å². The van der Waals surface area contributed by atoms with Crippen molar-refractivity contribution in [2.45, 2.75) is 41.5 Å². The Balaban J connectivity index is 2.01. The lowest BCUT2D eigenvalue weighted by atomic mass is 9.95. The van der Waals surface area contributed by atoms with Gasteiger partial charge in [0.2, 0.25) is 0 Å². The minimum absolute atomic E-state index is 0.303. The van der Waals surface area contributed by atoms with E-state index in [2.05, 4.69) is 100 Å². The molecule has 0 aromatic carbocycles. The summed E-state index contributed by atoms with van der Waals surface area (Å²) in [5.74, 6) is 0. The Hall–Kier alpha value is -1.70. The minimum atomic E-state index is 0.303. The van der Waals surface area contributed by atoms with E-state index in [4.69, 9.17) is 0 Å². The van der Waals surface area contributed by atoms with Crippen LogP contribution in [0, 0.1) is 10.8 Å². The fourth-order valence-electron chi connectivity index (χ4n) is 2.61. The van der Waals surface area contributed by atoms with Crippen LogP contribution in [0.4, 0.5) is 0 Å². The number of rotatable bonds is 2. The molecule has 0 aromatic heterocycles. The molecule has 2 rings (SSSR count). The fraction of sp³-hybridized carbons (Fsp3) is 0.500. The lowest BCUT2D eigenvalue weighted by molar-refractivity contribution is 0.303. The van der Waals surface area contributed by atoms with Gasteiger partial charge in [0, 0.05) is 37.9 Å². The van der Waals surface area contributed by atoms with Crippen molar-refractivity contribution < 1.29 is 0 Å². The highest BCUT2D eigenvalue weighted by Crippen LogP contribution is 2.24. The highest BCUT2D eigenvalue weighted by molar-refractivity contribution is 5.48. The number of hydrogen-bond donors (Lipinski definition) is 0. The molecule has 0 saturated heterocycles. The number of allylic oxidation sites excluding steroid dienone is 6. The van der Waals surface area contributed by atoms with Gasteiger partial charge in [-0.05, 0) is 46.3 Å². The number of nitrogens with zero attached hydrogens (tertiary/aromatic N) is 2. The van der Waals surface area contributed by atoms with E-state index in [-0.39, 0.29) is 0 Å². The van der Waals surface area contributed by atoms with Crippen molar-refractivity contribution in [3.63, 3.8) is 0 Å². The average molecular weight is 298 g/mol. The predicted molar refractivity (Wildman–Crippen MR) is 95.9 cm³/mol. The first kappa shape index (κ1) is 16.7. The molecular formula is C20H30N2. The molecule has 2 aliphatic rings. The Kier molecular flexibility index (Phi) is 4.69. The van der Waals surface area contributed by atoms with E-state index in [1.54, 1.807) is 0 Å². The highest BCUT2D eigenvalue weighted by atomic mass is 15.1. The molecule has 0 atom stereocenters. The molecule has 0 saturated carbocycles. The van der Waals surface area contributed by atoms with Crippen LogP contribution < -0.4 is 0 Å². The second-order valence-corrected chi connectivity index (χ2v) is 8.64. The van der Waals surface area contributed by atoms with Crippen LogP contribution in [-0.2, 0) is 0 Å². The molecule has 2 heterocycles. The second kappa shape index (κ2) is 6.20. The quantitative estimate of drug-likeness (QED) is 0.703. The van der Waals surface area contributed by atoms with Gasteiger partial charge in [0.15, 0.2) is 0 Å². The maximum absolute atomic E-state index is 2.26. The van der Waals surface area contributed by atoms with Crippen LogP contribution in [0.5, 0.6) is 0 Å². The molecule has 0 radical (unpaired) electrons. The molecular weight excluding hydrogens is 268 g/mol. The summed E-state index contributed by atoms with van der Waals surface area (Å²) in [6, 6.07) is 0. The molecule has 0 spiro atoms. The molecule has 0 unspecified atom stereocenters. The predicted octanol–water partition coefficient (Wildman–Crippen LogP) is 5.06. The average Bonchev–Trinajstić information content (AvgIpc) is 2.37. The topological polar surface area (TPSA) is 6.48 Å². The standard InChI is InChI=1S/C20H30N2/c1-19(2,3)15-21-11-7-17(8-12-21)18-9-13-22(14-10-18)16-20(4,5)6/h7-14H,15-16H2,1-6H3. The Morgan fingerprint density at radius 3 is 1.09 bits per heavy atom. The normalized spacial score (nSPS) is 18.6. The molecule has 22 heavy (non-hydrogen) atoms. The van der Waals surface area contributed by atoms with Gasteiger partial charge in [-0.15, -0.1) is 0 Å². The zero-order valence-corrected chi connectivity index (χ0v) is 14.9. The molecule has 0 aromatic rings. The van der Waals surface area contributed by atoms with Gasteiger partial charge in [-0.1, -0.05) is 41.5 Å². The SMILES string of the molecule is CC(C)(C)CN1C=CC(=C2C=CN(CC(C)(C)C)C=C2)C=C1. The van der Waals surface area contributed by atoms with E-state index in [9.17, 15) is 0 Å². The summed E-state index contributed by atoms with van der Waals surface area (Å²) in [7, 11) is 0. The first-order valence-corrected chi connectivity index (χ1v) is 8.11. The van der Waals surface area contributed by atoms with Gasteiger partial charge in [0.05, 0.1) is 0 Å². The molecule has 2 heteroatoms. The van der Waals surface area contributed by atoms with Crippen LogP contribution in [0.25, 0.3) is 0 Å². The molecule has 120 valence electrons. The van der Waals surface area contributed by atoms with E-state index in [0.717, 1.165) is 13.1 Å². The summed E-state index contributed by atoms with van der Waals surface area (Å²) >= 11 is 0. The van der Waals surface area contributed by atoms with Gasteiger partial charge in [-0.3, -0.25) is 0 Å². The van der Waals surface area contributed by atoms with E-state index < -0.39 is 0 Å². The van der Waals surface area contributed by atoms with E-state index in [1.165, 1.54) is 11.1 Å². The zero-order valence-electron chi connectivity index (χ0n) is 14.9. The summed E-state index contributed by atoms with van der Waals surface area (Å²) in [6.07, 6.45) is 17.5. The van der Waals surface area contributed by atoms with E-state index in [1.807, 2.05) is 0 Å². The van der Waals surface area contributed by atoms with Gasteiger partial charge in [-0.2, -0.15) is 0 Å². The number of hydrogen-bond acceptors (Lipinski definition) is 2. The summed E-state index contributed by atoms with van der Waals surface area (Å²) in [5, 5.41) is 0. The largest absolute Gasteiger partial charge is 0.354 e. The zero-order chi connectivity index (χ0) is 16.4. The third-order valence-corrected chi connectivity index (χ3v) is 3.43. The fourth-order valence-corrected chi connectivity index (χ4v) is 2.61. The first-order chi connectivity index (χ1) is 10.1. The van der Waals surface area contributed by atoms with Crippen molar-refractivity contribution in [2.75, 3.05) is 13.1 Å². The van der Waals surface area contributed by atoms with Crippen LogP contribution >= 0.6 is 0 Å². The van der Waals surface area contributed by atoms with Gasteiger partial charge < -0.3 is 9.80 Å². The van der Waals surface area contributed by atoms with Crippen LogP contribution in [-0.4, -0.2) is 22.9 Å². The van der Waals surface area contributed by atoms with Crippen molar-refractivity contribution in [1.29, 1.82) is 0 Å². The molecule has 0 N–H and O–H groups in total. The van der Waals surface area contributed by atoms with Crippen LogP contribution in [0.15, 0.2) is 60.3 Å². The highest BCUT2D eigenvalue weighted by Gasteiger charge is 2.16. The molecule has 0 fully saturated rings. The summed E-state index contributed by atoms with van der Waals surface area (Å²) in [6.45, 7) is 15.6. The van der Waals surface area contributed by atoms with E-state index in [0.29, 0.717) is 10.8 Å². The maximum atomic E-state index is 2.26. The van der Waals surface area contributed by atoms with Gasteiger partial charge >= 0.3 is 0 Å². The first-order valence-electron chi connectivity index (χ1n) is 8.11.